The second-order valence-electron chi connectivity index (χ2n) is 6.08. The van der Waals surface area contributed by atoms with Crippen molar-refractivity contribution in [2.24, 2.45) is 5.92 Å². The molecule has 1 aliphatic heterocycles. The maximum Gasteiger partial charge on any atom is 0.228 e. The van der Waals surface area contributed by atoms with Crippen LogP contribution in [0.25, 0.3) is 0 Å². The smallest absolute Gasteiger partial charge is 0.228 e. The molecule has 5 heteroatoms. The highest BCUT2D eigenvalue weighted by atomic mass is 32.1. The Hall–Kier alpha value is -1.72. The maximum absolute atomic E-state index is 12.4. The lowest BCUT2D eigenvalue weighted by Crippen LogP contribution is -2.40. The monoisotopic (exact) mass is 330 g/mol. The van der Waals surface area contributed by atoms with E-state index in [1.165, 1.54) is 5.56 Å². The van der Waals surface area contributed by atoms with E-state index in [0.29, 0.717) is 12.3 Å². The van der Waals surface area contributed by atoms with Gasteiger partial charge in [0, 0.05) is 31.5 Å². The van der Waals surface area contributed by atoms with Gasteiger partial charge >= 0.3 is 0 Å². The van der Waals surface area contributed by atoms with Crippen LogP contribution < -0.4 is 0 Å². The van der Waals surface area contributed by atoms with Gasteiger partial charge in [0.05, 0.1) is 17.1 Å². The summed E-state index contributed by atoms with van der Waals surface area (Å²) in [6.45, 7) is 1.74. The number of aliphatic hydroxyl groups is 1. The van der Waals surface area contributed by atoms with Crippen molar-refractivity contribution in [2.45, 2.75) is 25.7 Å². The SMILES string of the molecule is O=C(Cc1csc(Cc2ccccc2)n1)N1CCC(CO)CC1. The van der Waals surface area contributed by atoms with E-state index < -0.39 is 0 Å². The zero-order valence-corrected chi connectivity index (χ0v) is 14.0. The molecule has 2 aromatic rings. The number of benzene rings is 1. The summed E-state index contributed by atoms with van der Waals surface area (Å²) < 4.78 is 0. The van der Waals surface area contributed by atoms with Gasteiger partial charge in [-0.25, -0.2) is 4.98 Å². The molecule has 0 atom stereocenters. The van der Waals surface area contributed by atoms with Crippen LogP contribution in [0.2, 0.25) is 0 Å². The van der Waals surface area contributed by atoms with Gasteiger partial charge in [0.25, 0.3) is 0 Å². The Labute approximate surface area is 140 Å². The quantitative estimate of drug-likeness (QED) is 0.916. The fraction of sp³-hybridized carbons (Fsp3) is 0.444. The number of carbonyl (C=O) groups excluding carboxylic acids is 1. The molecule has 23 heavy (non-hydrogen) atoms. The lowest BCUT2D eigenvalue weighted by molar-refractivity contribution is -0.132. The predicted octanol–water partition coefficient (Wildman–Crippen LogP) is 2.51. The largest absolute Gasteiger partial charge is 0.396 e. The number of carbonyl (C=O) groups is 1. The number of rotatable bonds is 5. The van der Waals surface area contributed by atoms with Gasteiger partial charge in [-0.2, -0.15) is 0 Å². The van der Waals surface area contributed by atoms with Crippen molar-refractivity contribution in [3.05, 3.63) is 52.0 Å². The highest BCUT2D eigenvalue weighted by Gasteiger charge is 2.22. The number of thiazole rings is 1. The lowest BCUT2D eigenvalue weighted by Gasteiger charge is -2.31. The second kappa shape index (κ2) is 7.70. The first-order valence-electron chi connectivity index (χ1n) is 8.10. The molecule has 1 N–H and O–H groups in total. The zero-order valence-electron chi connectivity index (χ0n) is 13.1. The van der Waals surface area contributed by atoms with Crippen molar-refractivity contribution in [2.75, 3.05) is 19.7 Å². The minimum Gasteiger partial charge on any atom is -0.396 e. The number of piperidine rings is 1. The first kappa shape index (κ1) is 16.1. The number of likely N-dealkylation sites (tertiary alicyclic amines) is 1. The van der Waals surface area contributed by atoms with E-state index in [4.69, 9.17) is 5.11 Å². The van der Waals surface area contributed by atoms with Gasteiger partial charge in [-0.1, -0.05) is 30.3 Å². The number of amides is 1. The third-order valence-electron chi connectivity index (χ3n) is 4.36. The van der Waals surface area contributed by atoms with Crippen LogP contribution in [0, 0.1) is 5.92 Å². The highest BCUT2D eigenvalue weighted by Crippen LogP contribution is 2.19. The Bertz CT molecular complexity index is 633. The summed E-state index contributed by atoms with van der Waals surface area (Å²) in [6, 6.07) is 10.3. The van der Waals surface area contributed by atoms with E-state index >= 15 is 0 Å². The van der Waals surface area contributed by atoms with Gasteiger partial charge in [0.2, 0.25) is 5.91 Å². The van der Waals surface area contributed by atoms with Crippen LogP contribution in [0.15, 0.2) is 35.7 Å². The Morgan fingerprint density at radius 1 is 1.26 bits per heavy atom. The summed E-state index contributed by atoms with van der Waals surface area (Å²) in [7, 11) is 0. The number of aromatic nitrogens is 1. The van der Waals surface area contributed by atoms with Gasteiger partial charge in [-0.3, -0.25) is 4.79 Å². The average Bonchev–Trinajstić information content (AvgIpc) is 3.02. The molecule has 0 bridgehead atoms. The zero-order chi connectivity index (χ0) is 16.1. The summed E-state index contributed by atoms with van der Waals surface area (Å²) >= 11 is 1.62. The Morgan fingerprint density at radius 2 is 2.00 bits per heavy atom. The van der Waals surface area contributed by atoms with Gasteiger partial charge in [-0.05, 0) is 24.3 Å². The molecule has 1 aromatic heterocycles. The highest BCUT2D eigenvalue weighted by molar-refractivity contribution is 7.09. The molecule has 1 fully saturated rings. The number of hydrogen-bond donors (Lipinski definition) is 1. The molecule has 3 rings (SSSR count). The van der Waals surface area contributed by atoms with Crippen LogP contribution in [0.3, 0.4) is 0 Å². The first-order valence-corrected chi connectivity index (χ1v) is 8.98. The van der Waals surface area contributed by atoms with Crippen LogP contribution in [-0.2, 0) is 17.6 Å². The summed E-state index contributed by atoms with van der Waals surface area (Å²) in [4.78, 5) is 18.9. The molecule has 1 amide bonds. The minimum absolute atomic E-state index is 0.151. The Balaban J connectivity index is 1.53. The molecule has 1 aliphatic rings. The maximum atomic E-state index is 12.4. The van der Waals surface area contributed by atoms with Crippen molar-refractivity contribution in [1.82, 2.24) is 9.88 Å². The number of aliphatic hydroxyl groups excluding tert-OH is 1. The molecular weight excluding hydrogens is 308 g/mol. The summed E-state index contributed by atoms with van der Waals surface area (Å²) in [6.07, 6.45) is 3.01. The van der Waals surface area contributed by atoms with Crippen molar-refractivity contribution < 1.29 is 9.90 Å². The molecule has 0 unspecified atom stereocenters. The van der Waals surface area contributed by atoms with Gasteiger partial charge < -0.3 is 10.0 Å². The molecule has 1 aromatic carbocycles. The lowest BCUT2D eigenvalue weighted by atomic mass is 9.97. The van der Waals surface area contributed by atoms with Crippen LogP contribution in [0.5, 0.6) is 0 Å². The van der Waals surface area contributed by atoms with E-state index in [0.717, 1.165) is 43.1 Å². The fourth-order valence-electron chi connectivity index (χ4n) is 2.91. The molecule has 4 nitrogen and oxygen atoms in total. The van der Waals surface area contributed by atoms with Gasteiger partial charge in [0.15, 0.2) is 0 Å². The molecule has 0 spiro atoms. The minimum atomic E-state index is 0.151. The average molecular weight is 330 g/mol. The van der Waals surface area contributed by atoms with Crippen LogP contribution in [0.4, 0.5) is 0 Å². The van der Waals surface area contributed by atoms with Crippen LogP contribution >= 0.6 is 11.3 Å². The van der Waals surface area contributed by atoms with E-state index in [1.54, 1.807) is 11.3 Å². The van der Waals surface area contributed by atoms with Crippen molar-refractivity contribution >= 4 is 17.2 Å². The third kappa shape index (κ3) is 4.39. The van der Waals surface area contributed by atoms with Gasteiger partial charge in [-0.15, -0.1) is 11.3 Å². The third-order valence-corrected chi connectivity index (χ3v) is 5.25. The number of hydrogen-bond acceptors (Lipinski definition) is 4. The van der Waals surface area contributed by atoms with Crippen molar-refractivity contribution in [3.63, 3.8) is 0 Å². The molecule has 2 heterocycles. The van der Waals surface area contributed by atoms with E-state index in [2.05, 4.69) is 17.1 Å². The van der Waals surface area contributed by atoms with Crippen LogP contribution in [-0.4, -0.2) is 40.6 Å². The normalized spacial score (nSPS) is 15.8. The molecule has 0 radical (unpaired) electrons. The predicted molar refractivity (Wildman–Crippen MR) is 91.5 cm³/mol. The van der Waals surface area contributed by atoms with E-state index in [9.17, 15) is 4.79 Å². The summed E-state index contributed by atoms with van der Waals surface area (Å²) in [5.41, 5.74) is 2.11. The van der Waals surface area contributed by atoms with Gasteiger partial charge in [0.1, 0.15) is 0 Å². The number of nitrogens with zero attached hydrogens (tertiary/aromatic N) is 2. The van der Waals surface area contributed by atoms with E-state index in [1.807, 2.05) is 28.5 Å². The molecule has 0 saturated carbocycles. The second-order valence-corrected chi connectivity index (χ2v) is 7.02. The summed E-state index contributed by atoms with van der Waals surface area (Å²) in [5.74, 6) is 0.508. The standard InChI is InChI=1S/C18H22N2O2S/c21-12-15-6-8-20(9-7-15)18(22)11-16-13-23-17(19-16)10-14-4-2-1-3-5-14/h1-5,13,15,21H,6-12H2. The molecule has 0 aliphatic carbocycles. The van der Waals surface area contributed by atoms with Crippen molar-refractivity contribution in [1.29, 1.82) is 0 Å². The van der Waals surface area contributed by atoms with E-state index in [-0.39, 0.29) is 12.5 Å². The fourth-order valence-corrected chi connectivity index (χ4v) is 3.74. The summed E-state index contributed by atoms with van der Waals surface area (Å²) in [5, 5.41) is 12.2. The van der Waals surface area contributed by atoms with Crippen molar-refractivity contribution in [3.8, 4) is 0 Å². The Kier molecular flexibility index (Phi) is 5.41. The van der Waals surface area contributed by atoms with Crippen LogP contribution in [0.1, 0.15) is 29.1 Å². The topological polar surface area (TPSA) is 53.4 Å². The molecular formula is C18H22N2O2S. The first-order chi connectivity index (χ1) is 11.2. The molecule has 122 valence electrons. The Morgan fingerprint density at radius 3 is 2.70 bits per heavy atom. The molecule has 1 saturated heterocycles.